The van der Waals surface area contributed by atoms with Crippen LogP contribution in [0.4, 0.5) is 5.69 Å². The van der Waals surface area contributed by atoms with Gasteiger partial charge in [-0.25, -0.2) is 0 Å². The number of carbonyl (C=O) groups is 1. The molecule has 0 atom stereocenters. The highest BCUT2D eigenvalue weighted by Gasteiger charge is 2.18. The van der Waals surface area contributed by atoms with Crippen molar-refractivity contribution in [1.82, 2.24) is 4.90 Å². The number of aliphatic hydroxyl groups is 1. The van der Waals surface area contributed by atoms with Gasteiger partial charge < -0.3 is 15.2 Å². The number of anilines is 1. The molecule has 0 saturated heterocycles. The largest absolute Gasteiger partial charge is 0.389 e. The molecule has 0 saturated carbocycles. The molecule has 5 nitrogen and oxygen atoms in total. The van der Waals surface area contributed by atoms with E-state index in [1.165, 1.54) is 6.08 Å². The molecule has 2 N–H and O–H groups in total. The van der Waals surface area contributed by atoms with E-state index in [-0.39, 0.29) is 5.91 Å². The summed E-state index contributed by atoms with van der Waals surface area (Å²) in [7, 11) is 1.68. The molecule has 0 heterocycles. The zero-order valence-electron chi connectivity index (χ0n) is 20.5. The highest BCUT2D eigenvalue weighted by Crippen LogP contribution is 2.23. The average Bonchev–Trinajstić information content (AvgIpc) is 2.82. The Morgan fingerprint density at radius 1 is 1.00 bits per heavy atom. The van der Waals surface area contributed by atoms with E-state index in [9.17, 15) is 9.90 Å². The minimum absolute atomic E-state index is 0.191. The van der Waals surface area contributed by atoms with Crippen LogP contribution in [0.1, 0.15) is 25.0 Å². The molecular weight excluding hydrogens is 460 g/mol. The van der Waals surface area contributed by atoms with Gasteiger partial charge in [0.1, 0.15) is 0 Å². The molecule has 0 spiro atoms. The van der Waals surface area contributed by atoms with Gasteiger partial charge >= 0.3 is 0 Å². The van der Waals surface area contributed by atoms with Crippen LogP contribution < -0.4 is 5.32 Å². The number of amides is 1. The Morgan fingerprint density at radius 3 is 2.17 bits per heavy atom. The van der Waals surface area contributed by atoms with Crippen LogP contribution in [0.5, 0.6) is 0 Å². The van der Waals surface area contributed by atoms with E-state index in [1.54, 1.807) is 27.0 Å². The van der Waals surface area contributed by atoms with E-state index in [1.807, 2.05) is 72.8 Å². The third-order valence-electron chi connectivity index (χ3n) is 5.37. The molecule has 0 aliphatic rings. The van der Waals surface area contributed by atoms with Crippen molar-refractivity contribution < 1.29 is 14.6 Å². The molecule has 0 unspecified atom stereocenters. The van der Waals surface area contributed by atoms with Crippen molar-refractivity contribution in [3.8, 4) is 11.1 Å². The maximum atomic E-state index is 12.4. The Hall–Kier alpha value is -2.96. The molecule has 0 bridgehead atoms. The number of carbonyl (C=O) groups excluding carboxylic acids is 1. The molecule has 0 radical (unpaired) electrons. The second-order valence-corrected chi connectivity index (χ2v) is 9.60. The normalized spacial score (nSPS) is 11.8. The summed E-state index contributed by atoms with van der Waals surface area (Å²) in [5.41, 5.74) is 4.15. The van der Waals surface area contributed by atoms with E-state index in [0.717, 1.165) is 34.5 Å². The highest BCUT2D eigenvalue weighted by atomic mass is 35.5. The summed E-state index contributed by atoms with van der Waals surface area (Å²) in [6, 6.07) is 23.4. The Morgan fingerprint density at radius 2 is 1.60 bits per heavy atom. The fourth-order valence-electron chi connectivity index (χ4n) is 3.72. The maximum Gasteiger partial charge on any atom is 0.248 e. The van der Waals surface area contributed by atoms with Gasteiger partial charge in [0, 0.05) is 43.5 Å². The number of nitrogens with zero attached hydrogens (tertiary/aromatic N) is 1. The van der Waals surface area contributed by atoms with Crippen molar-refractivity contribution in [3.63, 3.8) is 0 Å². The summed E-state index contributed by atoms with van der Waals surface area (Å²) in [6.45, 7) is 6.22. The highest BCUT2D eigenvalue weighted by molar-refractivity contribution is 6.30. The number of methoxy groups -OCH3 is 1. The predicted octanol–water partition coefficient (Wildman–Crippen LogP) is 5.88. The summed E-state index contributed by atoms with van der Waals surface area (Å²) >= 11 is 5.95. The predicted molar refractivity (Wildman–Crippen MR) is 144 cm³/mol. The topological polar surface area (TPSA) is 61.8 Å². The molecule has 3 aromatic rings. The first-order valence-electron chi connectivity index (χ1n) is 11.6. The minimum Gasteiger partial charge on any atom is -0.389 e. The monoisotopic (exact) mass is 492 g/mol. The van der Waals surface area contributed by atoms with Gasteiger partial charge in [0.15, 0.2) is 0 Å². The van der Waals surface area contributed by atoms with Crippen LogP contribution >= 0.6 is 11.6 Å². The molecule has 35 heavy (non-hydrogen) atoms. The summed E-state index contributed by atoms with van der Waals surface area (Å²) in [6.07, 6.45) is 3.32. The maximum absolute atomic E-state index is 12.4. The molecule has 1 amide bonds. The number of ether oxygens (including phenoxy) is 1. The summed E-state index contributed by atoms with van der Waals surface area (Å²) in [5.74, 6) is -0.191. The number of hydrogen-bond acceptors (Lipinski definition) is 4. The van der Waals surface area contributed by atoms with Gasteiger partial charge in [-0.05, 0) is 66.4 Å². The minimum atomic E-state index is -0.778. The van der Waals surface area contributed by atoms with Crippen molar-refractivity contribution in [2.75, 3.05) is 32.1 Å². The second kappa shape index (κ2) is 12.7. The van der Waals surface area contributed by atoms with Crippen LogP contribution in [0, 0.1) is 0 Å². The molecule has 3 aromatic carbocycles. The van der Waals surface area contributed by atoms with Crippen molar-refractivity contribution in [1.29, 1.82) is 0 Å². The number of benzene rings is 3. The Labute approximate surface area is 213 Å². The van der Waals surface area contributed by atoms with Crippen LogP contribution in [-0.2, 0) is 16.1 Å². The zero-order chi connectivity index (χ0) is 25.3. The standard InChI is InChI=1S/C29H33ClN2O3/c1-29(2,34)21-32(18-19-35-3)20-23-6-4-22(5-7-23)8-17-28(33)31-27-15-11-25(12-16-27)24-9-13-26(30)14-10-24/h4-17,34H,18-21H2,1-3H3,(H,31,33)/b17-8+. The van der Waals surface area contributed by atoms with Gasteiger partial charge in [-0.2, -0.15) is 0 Å². The van der Waals surface area contributed by atoms with E-state index >= 15 is 0 Å². The molecule has 0 aliphatic heterocycles. The third-order valence-corrected chi connectivity index (χ3v) is 5.62. The molecular formula is C29H33ClN2O3. The summed E-state index contributed by atoms with van der Waals surface area (Å²) in [4.78, 5) is 14.5. The van der Waals surface area contributed by atoms with Crippen molar-refractivity contribution in [2.24, 2.45) is 0 Å². The Bertz CT molecular complexity index is 1100. The lowest BCUT2D eigenvalue weighted by molar-refractivity contribution is -0.111. The number of hydrogen-bond donors (Lipinski definition) is 2. The van der Waals surface area contributed by atoms with E-state index < -0.39 is 5.60 Å². The quantitative estimate of drug-likeness (QED) is 0.328. The van der Waals surface area contributed by atoms with Crippen LogP contribution in [0.25, 0.3) is 17.2 Å². The SMILES string of the molecule is COCCN(Cc1ccc(/C=C/C(=O)Nc2ccc(-c3ccc(Cl)cc3)cc2)cc1)CC(C)(C)O. The second-order valence-electron chi connectivity index (χ2n) is 9.16. The van der Waals surface area contributed by atoms with Gasteiger partial charge in [0.2, 0.25) is 5.91 Å². The first kappa shape index (κ1) is 26.6. The number of rotatable bonds is 11. The Balaban J connectivity index is 1.54. The molecule has 3 rings (SSSR count). The molecule has 0 aromatic heterocycles. The van der Waals surface area contributed by atoms with Crippen LogP contribution in [0.3, 0.4) is 0 Å². The average molecular weight is 493 g/mol. The number of halogens is 1. The summed E-state index contributed by atoms with van der Waals surface area (Å²) in [5, 5.41) is 13.8. The van der Waals surface area contributed by atoms with Gasteiger partial charge in [-0.3, -0.25) is 9.69 Å². The van der Waals surface area contributed by atoms with Gasteiger partial charge in [-0.15, -0.1) is 0 Å². The first-order chi connectivity index (χ1) is 16.7. The molecule has 0 aliphatic carbocycles. The van der Waals surface area contributed by atoms with Gasteiger partial charge in [0.05, 0.1) is 12.2 Å². The molecule has 6 heteroatoms. The zero-order valence-corrected chi connectivity index (χ0v) is 21.3. The number of nitrogens with one attached hydrogen (secondary N) is 1. The lowest BCUT2D eigenvalue weighted by atomic mass is 10.1. The van der Waals surface area contributed by atoms with Crippen molar-refractivity contribution in [3.05, 3.63) is 95.0 Å². The van der Waals surface area contributed by atoms with Crippen LogP contribution in [0.2, 0.25) is 5.02 Å². The fraction of sp³-hybridized carbons (Fsp3) is 0.276. The van der Waals surface area contributed by atoms with Crippen molar-refractivity contribution in [2.45, 2.75) is 26.0 Å². The fourth-order valence-corrected chi connectivity index (χ4v) is 3.84. The summed E-state index contributed by atoms with van der Waals surface area (Å²) < 4.78 is 5.20. The Kier molecular flexibility index (Phi) is 9.64. The van der Waals surface area contributed by atoms with E-state index in [4.69, 9.17) is 16.3 Å². The lowest BCUT2D eigenvalue weighted by Gasteiger charge is -2.28. The van der Waals surface area contributed by atoms with Crippen molar-refractivity contribution >= 4 is 29.3 Å². The lowest BCUT2D eigenvalue weighted by Crippen LogP contribution is -2.39. The molecule has 184 valence electrons. The van der Waals surface area contributed by atoms with Crippen LogP contribution in [0.15, 0.2) is 78.9 Å². The van der Waals surface area contributed by atoms with Gasteiger partial charge in [0.25, 0.3) is 0 Å². The molecule has 0 fully saturated rings. The van der Waals surface area contributed by atoms with E-state index in [0.29, 0.717) is 24.7 Å². The van der Waals surface area contributed by atoms with Crippen LogP contribution in [-0.4, -0.2) is 48.3 Å². The van der Waals surface area contributed by atoms with E-state index in [2.05, 4.69) is 10.2 Å². The smallest absolute Gasteiger partial charge is 0.248 e. The third kappa shape index (κ3) is 9.30. The first-order valence-corrected chi connectivity index (χ1v) is 12.0. The van der Waals surface area contributed by atoms with Gasteiger partial charge in [-0.1, -0.05) is 60.1 Å².